The molecular weight excluding hydrogens is 396 g/mol. The van der Waals surface area contributed by atoms with Gasteiger partial charge in [0.1, 0.15) is 0 Å². The van der Waals surface area contributed by atoms with Gasteiger partial charge in [0.2, 0.25) is 5.91 Å². The van der Waals surface area contributed by atoms with Crippen LogP contribution in [0.2, 0.25) is 5.02 Å². The van der Waals surface area contributed by atoms with E-state index in [9.17, 15) is 9.59 Å². The molecule has 2 amide bonds. The summed E-state index contributed by atoms with van der Waals surface area (Å²) in [7, 11) is 1.80. The summed E-state index contributed by atoms with van der Waals surface area (Å²) in [5.74, 6) is -0.121. The molecule has 0 bridgehead atoms. The Labute approximate surface area is 173 Å². The Morgan fingerprint density at radius 1 is 1.25 bits per heavy atom. The van der Waals surface area contributed by atoms with Crippen LogP contribution >= 0.6 is 22.9 Å². The maximum absolute atomic E-state index is 12.4. The molecule has 0 aliphatic carbocycles. The summed E-state index contributed by atoms with van der Waals surface area (Å²) in [6.45, 7) is 4.97. The number of carbonyl (C=O) groups is 2. The molecule has 1 aromatic carbocycles. The Kier molecular flexibility index (Phi) is 6.36. The lowest BCUT2D eigenvalue weighted by atomic mass is 10.2. The second-order valence-corrected chi connectivity index (χ2v) is 8.40. The molecule has 3 aromatic rings. The molecule has 0 spiro atoms. The fraction of sp³-hybridized carbons (Fsp3) is 0.350. The van der Waals surface area contributed by atoms with Gasteiger partial charge in [0, 0.05) is 41.7 Å². The van der Waals surface area contributed by atoms with Gasteiger partial charge in [-0.2, -0.15) is 0 Å². The molecule has 0 radical (unpaired) electrons. The summed E-state index contributed by atoms with van der Waals surface area (Å²) >= 11 is 7.46. The average molecular weight is 419 g/mol. The van der Waals surface area contributed by atoms with Crippen LogP contribution in [0, 0.1) is 13.8 Å². The number of halogens is 1. The molecule has 0 unspecified atom stereocenters. The predicted octanol–water partition coefficient (Wildman–Crippen LogP) is 3.83. The molecule has 3 rings (SSSR count). The van der Waals surface area contributed by atoms with E-state index in [0.29, 0.717) is 36.5 Å². The van der Waals surface area contributed by atoms with Gasteiger partial charge in [-0.1, -0.05) is 11.6 Å². The average Bonchev–Trinajstić information content (AvgIpc) is 3.15. The quantitative estimate of drug-likeness (QED) is 0.593. The molecule has 0 atom stereocenters. The lowest BCUT2D eigenvalue weighted by molar-refractivity contribution is -0.130. The van der Waals surface area contributed by atoms with Gasteiger partial charge in [0.25, 0.3) is 5.91 Å². The van der Waals surface area contributed by atoms with Crippen molar-refractivity contribution in [2.24, 2.45) is 0 Å². The molecule has 6 nitrogen and oxygen atoms in total. The molecule has 0 fully saturated rings. The topological polar surface area (TPSA) is 66.7 Å². The lowest BCUT2D eigenvalue weighted by Gasteiger charge is -2.17. The van der Waals surface area contributed by atoms with Crippen molar-refractivity contribution in [3.8, 4) is 0 Å². The standard InChI is InChI=1S/C20H23ClN4O2S/c1-13-11-25-17(14(2)23-20(25)28-13)12-24(3)18(26)5-4-10-22-19(27)15-6-8-16(21)9-7-15/h6-9,11H,4-5,10,12H2,1-3H3,(H,22,27). The number of benzene rings is 1. The van der Waals surface area contributed by atoms with Crippen LogP contribution in [0.4, 0.5) is 0 Å². The molecule has 2 heterocycles. The minimum Gasteiger partial charge on any atom is -0.352 e. The number of rotatable bonds is 7. The number of nitrogens with zero attached hydrogens (tertiary/aromatic N) is 3. The van der Waals surface area contributed by atoms with Crippen molar-refractivity contribution in [2.75, 3.05) is 13.6 Å². The van der Waals surface area contributed by atoms with Gasteiger partial charge in [0.15, 0.2) is 4.96 Å². The predicted molar refractivity (Wildman–Crippen MR) is 112 cm³/mol. The zero-order valence-corrected chi connectivity index (χ0v) is 17.7. The molecular formula is C20H23ClN4O2S. The number of fused-ring (bicyclic) bond motifs is 1. The number of nitrogens with one attached hydrogen (secondary N) is 1. The fourth-order valence-corrected chi connectivity index (χ4v) is 3.96. The largest absolute Gasteiger partial charge is 0.352 e. The Hall–Kier alpha value is -2.38. The van der Waals surface area contributed by atoms with Crippen LogP contribution in [-0.4, -0.2) is 39.7 Å². The van der Waals surface area contributed by atoms with Gasteiger partial charge in [-0.25, -0.2) is 4.98 Å². The number of carbonyl (C=O) groups excluding carboxylic acids is 2. The molecule has 8 heteroatoms. The van der Waals surface area contributed by atoms with E-state index in [0.717, 1.165) is 16.3 Å². The third kappa shape index (κ3) is 4.72. The highest BCUT2D eigenvalue weighted by molar-refractivity contribution is 7.17. The number of amides is 2. The van der Waals surface area contributed by atoms with Crippen LogP contribution in [0.25, 0.3) is 4.96 Å². The summed E-state index contributed by atoms with van der Waals surface area (Å²) in [6, 6.07) is 6.72. The van der Waals surface area contributed by atoms with Gasteiger partial charge in [0.05, 0.1) is 17.9 Å². The van der Waals surface area contributed by atoms with Crippen LogP contribution < -0.4 is 5.32 Å². The van der Waals surface area contributed by atoms with Gasteiger partial charge >= 0.3 is 0 Å². The van der Waals surface area contributed by atoms with Gasteiger partial charge in [-0.3, -0.25) is 14.0 Å². The van der Waals surface area contributed by atoms with Gasteiger partial charge < -0.3 is 10.2 Å². The number of imidazole rings is 1. The monoisotopic (exact) mass is 418 g/mol. The minimum absolute atomic E-state index is 0.0436. The second kappa shape index (κ2) is 8.75. The Bertz CT molecular complexity index is 994. The molecule has 28 heavy (non-hydrogen) atoms. The summed E-state index contributed by atoms with van der Waals surface area (Å²) in [5.41, 5.74) is 2.53. The smallest absolute Gasteiger partial charge is 0.251 e. The normalized spacial score (nSPS) is 11.0. The van der Waals surface area contributed by atoms with Gasteiger partial charge in [-0.15, -0.1) is 11.3 Å². The first-order valence-corrected chi connectivity index (χ1v) is 10.3. The van der Waals surface area contributed by atoms with Crippen molar-refractivity contribution in [1.82, 2.24) is 19.6 Å². The van der Waals surface area contributed by atoms with E-state index in [-0.39, 0.29) is 11.8 Å². The van der Waals surface area contributed by atoms with Crippen LogP contribution in [0.1, 0.15) is 39.5 Å². The van der Waals surface area contributed by atoms with E-state index < -0.39 is 0 Å². The van der Waals surface area contributed by atoms with Crippen molar-refractivity contribution in [3.63, 3.8) is 0 Å². The van der Waals surface area contributed by atoms with Crippen molar-refractivity contribution < 1.29 is 9.59 Å². The number of thiazole rings is 1. The molecule has 1 N–H and O–H groups in total. The van der Waals surface area contributed by atoms with Crippen molar-refractivity contribution in [1.29, 1.82) is 0 Å². The van der Waals surface area contributed by atoms with Crippen molar-refractivity contribution >= 4 is 39.7 Å². The Morgan fingerprint density at radius 3 is 2.68 bits per heavy atom. The third-order valence-electron chi connectivity index (χ3n) is 4.51. The molecule has 2 aromatic heterocycles. The maximum Gasteiger partial charge on any atom is 0.251 e. The van der Waals surface area contributed by atoms with Crippen LogP contribution in [0.15, 0.2) is 30.5 Å². The van der Waals surface area contributed by atoms with E-state index in [1.54, 1.807) is 47.5 Å². The molecule has 0 saturated carbocycles. The number of hydrogen-bond acceptors (Lipinski definition) is 4. The molecule has 148 valence electrons. The van der Waals surface area contributed by atoms with E-state index >= 15 is 0 Å². The molecule has 0 aliphatic rings. The fourth-order valence-electron chi connectivity index (χ4n) is 2.95. The first-order valence-electron chi connectivity index (χ1n) is 9.07. The number of hydrogen-bond donors (Lipinski definition) is 1. The van der Waals surface area contributed by atoms with Crippen molar-refractivity contribution in [3.05, 3.63) is 57.3 Å². The highest BCUT2D eigenvalue weighted by atomic mass is 35.5. The first kappa shape index (κ1) is 20.4. The van der Waals surface area contributed by atoms with Crippen LogP contribution in [-0.2, 0) is 11.3 Å². The SMILES string of the molecule is Cc1cn2c(CN(C)C(=O)CCCNC(=O)c3ccc(Cl)cc3)c(C)nc2s1. The minimum atomic E-state index is -0.164. The van der Waals surface area contributed by atoms with E-state index in [4.69, 9.17) is 11.6 Å². The highest BCUT2D eigenvalue weighted by Crippen LogP contribution is 2.21. The summed E-state index contributed by atoms with van der Waals surface area (Å²) in [5, 5.41) is 3.42. The zero-order chi connectivity index (χ0) is 20.3. The molecule has 0 saturated heterocycles. The number of aryl methyl sites for hydroxylation is 2. The van der Waals surface area contributed by atoms with Crippen LogP contribution in [0.3, 0.4) is 0 Å². The van der Waals surface area contributed by atoms with E-state index in [1.807, 2.05) is 13.8 Å². The van der Waals surface area contributed by atoms with Crippen LogP contribution in [0.5, 0.6) is 0 Å². The van der Waals surface area contributed by atoms with E-state index in [2.05, 4.69) is 20.9 Å². The van der Waals surface area contributed by atoms with E-state index in [1.165, 1.54) is 4.88 Å². The second-order valence-electron chi connectivity index (χ2n) is 6.75. The number of aromatic nitrogens is 2. The summed E-state index contributed by atoms with van der Waals surface area (Å²) in [6.07, 6.45) is 3.02. The first-order chi connectivity index (χ1) is 13.3. The summed E-state index contributed by atoms with van der Waals surface area (Å²) in [4.78, 5) is 32.9. The Balaban J connectivity index is 1.47. The lowest BCUT2D eigenvalue weighted by Crippen LogP contribution is -2.29. The Morgan fingerprint density at radius 2 is 1.96 bits per heavy atom. The van der Waals surface area contributed by atoms with Gasteiger partial charge in [-0.05, 0) is 44.5 Å². The summed E-state index contributed by atoms with van der Waals surface area (Å²) < 4.78 is 2.06. The zero-order valence-electron chi connectivity index (χ0n) is 16.2. The third-order valence-corrected chi connectivity index (χ3v) is 5.66. The maximum atomic E-state index is 12.4. The highest BCUT2D eigenvalue weighted by Gasteiger charge is 2.16. The molecule has 0 aliphatic heterocycles. The van der Waals surface area contributed by atoms with Crippen molar-refractivity contribution in [2.45, 2.75) is 33.2 Å².